The van der Waals surface area contributed by atoms with Crippen LogP contribution in [0.5, 0.6) is 0 Å². The van der Waals surface area contributed by atoms with Gasteiger partial charge in [-0.05, 0) is 18.4 Å². The smallest absolute Gasteiger partial charge is 0.277 e. The zero-order valence-electron chi connectivity index (χ0n) is 12.8. The van der Waals surface area contributed by atoms with E-state index in [1.54, 1.807) is 0 Å². The molecule has 1 aromatic carbocycles. The molecule has 0 bridgehead atoms. The molecule has 0 aromatic heterocycles. The van der Waals surface area contributed by atoms with E-state index in [0.717, 1.165) is 5.56 Å². The predicted octanol–water partition coefficient (Wildman–Crippen LogP) is 0.930. The van der Waals surface area contributed by atoms with Gasteiger partial charge >= 0.3 is 0 Å². The van der Waals surface area contributed by atoms with Gasteiger partial charge in [-0.2, -0.15) is 0 Å². The third kappa shape index (κ3) is 4.72. The van der Waals surface area contributed by atoms with Gasteiger partial charge < -0.3 is 16.0 Å². The van der Waals surface area contributed by atoms with E-state index in [1.807, 2.05) is 30.3 Å². The van der Waals surface area contributed by atoms with Gasteiger partial charge in [0.15, 0.2) is 0 Å². The fraction of sp³-hybridized carbons (Fsp3) is 0.500. The van der Waals surface area contributed by atoms with Crippen molar-refractivity contribution in [3.63, 3.8) is 0 Å². The van der Waals surface area contributed by atoms with Crippen LogP contribution in [0.4, 0.5) is 8.78 Å². The predicted molar refractivity (Wildman–Crippen MR) is 81.9 cm³/mol. The van der Waals surface area contributed by atoms with Crippen LogP contribution in [-0.2, 0) is 16.0 Å². The van der Waals surface area contributed by atoms with Crippen LogP contribution in [0.2, 0.25) is 0 Å². The molecule has 0 saturated carbocycles. The summed E-state index contributed by atoms with van der Waals surface area (Å²) in [7, 11) is 0. The van der Waals surface area contributed by atoms with Crippen molar-refractivity contribution < 1.29 is 18.4 Å². The van der Waals surface area contributed by atoms with E-state index in [9.17, 15) is 18.4 Å². The molecule has 1 saturated heterocycles. The minimum Gasteiger partial charge on any atom is -0.348 e. The van der Waals surface area contributed by atoms with Gasteiger partial charge in [0.05, 0.1) is 19.5 Å². The standard InChI is InChI=1S/C16H21F2N3O2/c17-16(18,10-19)11-20-15(23)13-7-4-8-21(13)14(22)9-12-5-2-1-3-6-12/h1-3,5-6,13H,4,7-11,19H2,(H,20,23). The second-order valence-corrected chi connectivity index (χ2v) is 5.69. The number of nitrogens with zero attached hydrogens (tertiary/aromatic N) is 1. The van der Waals surface area contributed by atoms with Crippen LogP contribution in [0.15, 0.2) is 30.3 Å². The molecule has 1 aliphatic heterocycles. The number of likely N-dealkylation sites (tertiary alicyclic amines) is 1. The first kappa shape index (κ1) is 17.3. The summed E-state index contributed by atoms with van der Waals surface area (Å²) in [6, 6.07) is 8.53. The third-order valence-electron chi connectivity index (χ3n) is 3.89. The van der Waals surface area contributed by atoms with Crippen LogP contribution in [0.25, 0.3) is 0 Å². The highest BCUT2D eigenvalue weighted by atomic mass is 19.3. The lowest BCUT2D eigenvalue weighted by Crippen LogP contribution is -2.50. The number of carbonyl (C=O) groups excluding carboxylic acids is 2. The first-order chi connectivity index (χ1) is 10.9. The van der Waals surface area contributed by atoms with Crippen LogP contribution >= 0.6 is 0 Å². The van der Waals surface area contributed by atoms with E-state index in [4.69, 9.17) is 5.73 Å². The number of nitrogens with one attached hydrogen (secondary N) is 1. The Morgan fingerprint density at radius 3 is 2.65 bits per heavy atom. The molecule has 3 N–H and O–H groups in total. The topological polar surface area (TPSA) is 75.4 Å². The summed E-state index contributed by atoms with van der Waals surface area (Å²) in [5.74, 6) is -3.84. The molecule has 2 rings (SSSR count). The number of carbonyl (C=O) groups is 2. The maximum Gasteiger partial charge on any atom is 0.277 e. The molecule has 7 heteroatoms. The zero-order valence-corrected chi connectivity index (χ0v) is 12.8. The minimum atomic E-state index is -3.13. The molecular formula is C16H21F2N3O2. The Morgan fingerprint density at radius 2 is 2.00 bits per heavy atom. The van der Waals surface area contributed by atoms with Crippen LogP contribution in [0, 0.1) is 0 Å². The van der Waals surface area contributed by atoms with Crippen molar-refractivity contribution in [3.05, 3.63) is 35.9 Å². The van der Waals surface area contributed by atoms with Gasteiger partial charge in [-0.25, -0.2) is 8.78 Å². The molecule has 0 radical (unpaired) electrons. The van der Waals surface area contributed by atoms with Gasteiger partial charge in [-0.15, -0.1) is 0 Å². The van der Waals surface area contributed by atoms with Crippen molar-refractivity contribution >= 4 is 11.8 Å². The Hall–Kier alpha value is -2.02. The van der Waals surface area contributed by atoms with Crippen molar-refractivity contribution in [3.8, 4) is 0 Å². The summed E-state index contributed by atoms with van der Waals surface area (Å²) < 4.78 is 26.2. The number of nitrogens with two attached hydrogens (primary N) is 1. The van der Waals surface area contributed by atoms with Crippen molar-refractivity contribution in [2.45, 2.75) is 31.2 Å². The summed E-state index contributed by atoms with van der Waals surface area (Å²) in [4.78, 5) is 25.9. The molecule has 0 spiro atoms. The highest BCUT2D eigenvalue weighted by molar-refractivity contribution is 5.89. The van der Waals surface area contributed by atoms with Gasteiger partial charge in [0, 0.05) is 6.54 Å². The largest absolute Gasteiger partial charge is 0.348 e. The lowest BCUT2D eigenvalue weighted by Gasteiger charge is -2.25. The van der Waals surface area contributed by atoms with E-state index in [1.165, 1.54) is 4.90 Å². The third-order valence-corrected chi connectivity index (χ3v) is 3.89. The maximum absolute atomic E-state index is 13.1. The van der Waals surface area contributed by atoms with E-state index in [-0.39, 0.29) is 12.3 Å². The molecule has 5 nitrogen and oxygen atoms in total. The average molecular weight is 325 g/mol. The van der Waals surface area contributed by atoms with Crippen LogP contribution in [0.3, 0.4) is 0 Å². The SMILES string of the molecule is NCC(F)(F)CNC(=O)C1CCCN1C(=O)Cc1ccccc1. The van der Waals surface area contributed by atoms with Gasteiger partial charge in [-0.1, -0.05) is 30.3 Å². The fourth-order valence-electron chi connectivity index (χ4n) is 2.62. The zero-order chi connectivity index (χ0) is 16.9. The number of halogens is 2. The normalized spacial score (nSPS) is 18.0. The van der Waals surface area contributed by atoms with E-state index in [2.05, 4.69) is 5.32 Å². The summed E-state index contributed by atoms with van der Waals surface area (Å²) >= 11 is 0. The quantitative estimate of drug-likeness (QED) is 0.817. The Bertz CT molecular complexity index is 552. The second-order valence-electron chi connectivity index (χ2n) is 5.69. The van der Waals surface area contributed by atoms with Gasteiger partial charge in [0.1, 0.15) is 6.04 Å². The number of hydrogen-bond acceptors (Lipinski definition) is 3. The molecule has 126 valence electrons. The van der Waals surface area contributed by atoms with Crippen LogP contribution in [0.1, 0.15) is 18.4 Å². The molecule has 0 aliphatic carbocycles. The van der Waals surface area contributed by atoms with Gasteiger partial charge in [-0.3, -0.25) is 9.59 Å². The first-order valence-corrected chi connectivity index (χ1v) is 7.62. The Balaban J connectivity index is 1.94. The van der Waals surface area contributed by atoms with Crippen LogP contribution in [-0.4, -0.2) is 48.3 Å². The molecule has 1 atom stereocenters. The second kappa shape index (κ2) is 7.50. The number of amides is 2. The van der Waals surface area contributed by atoms with Crippen molar-refractivity contribution in [2.24, 2.45) is 5.73 Å². The molecule has 1 unspecified atom stereocenters. The molecule has 2 amide bonds. The maximum atomic E-state index is 13.1. The first-order valence-electron chi connectivity index (χ1n) is 7.62. The van der Waals surface area contributed by atoms with Crippen molar-refractivity contribution in [2.75, 3.05) is 19.6 Å². The summed E-state index contributed by atoms with van der Waals surface area (Å²) in [5.41, 5.74) is 5.80. The molecule has 1 heterocycles. The molecule has 1 aliphatic rings. The van der Waals surface area contributed by atoms with Crippen molar-refractivity contribution in [1.29, 1.82) is 0 Å². The highest BCUT2D eigenvalue weighted by Gasteiger charge is 2.35. The lowest BCUT2D eigenvalue weighted by molar-refractivity contribution is -0.138. The fourth-order valence-corrected chi connectivity index (χ4v) is 2.62. The number of rotatable bonds is 6. The Morgan fingerprint density at radius 1 is 1.30 bits per heavy atom. The summed E-state index contributed by atoms with van der Waals surface area (Å²) in [6.07, 6.45) is 1.37. The number of benzene rings is 1. The Kier molecular flexibility index (Phi) is 5.65. The van der Waals surface area contributed by atoms with Gasteiger partial charge in [0.25, 0.3) is 5.92 Å². The average Bonchev–Trinajstić information content (AvgIpc) is 3.03. The number of hydrogen-bond donors (Lipinski definition) is 2. The lowest BCUT2D eigenvalue weighted by atomic mass is 10.1. The minimum absolute atomic E-state index is 0.167. The Labute approximate surface area is 133 Å². The van der Waals surface area contributed by atoms with E-state index in [0.29, 0.717) is 19.4 Å². The summed E-state index contributed by atoms with van der Waals surface area (Å²) in [5, 5.41) is 2.20. The summed E-state index contributed by atoms with van der Waals surface area (Å²) in [6.45, 7) is -1.16. The van der Waals surface area contributed by atoms with E-state index < -0.39 is 31.0 Å². The molecule has 1 fully saturated rings. The van der Waals surface area contributed by atoms with Crippen LogP contribution < -0.4 is 11.1 Å². The number of alkyl halides is 2. The van der Waals surface area contributed by atoms with E-state index >= 15 is 0 Å². The monoisotopic (exact) mass is 325 g/mol. The molecular weight excluding hydrogens is 304 g/mol. The van der Waals surface area contributed by atoms with Crippen molar-refractivity contribution in [1.82, 2.24) is 10.2 Å². The van der Waals surface area contributed by atoms with Gasteiger partial charge in [0.2, 0.25) is 11.8 Å². The molecule has 1 aromatic rings. The highest BCUT2D eigenvalue weighted by Crippen LogP contribution is 2.19. The molecule has 23 heavy (non-hydrogen) atoms.